The summed E-state index contributed by atoms with van der Waals surface area (Å²) >= 11 is 0. The molecule has 1 aromatic carbocycles. The summed E-state index contributed by atoms with van der Waals surface area (Å²) in [5.41, 5.74) is 0.761. The van der Waals surface area contributed by atoms with Crippen molar-refractivity contribution in [3.05, 3.63) is 30.1 Å². The van der Waals surface area contributed by atoms with E-state index in [2.05, 4.69) is 10.6 Å². The summed E-state index contributed by atoms with van der Waals surface area (Å²) in [4.78, 5) is 14.2. The molecule has 2 heterocycles. The van der Waals surface area contributed by atoms with Crippen LogP contribution in [0.3, 0.4) is 0 Å². The second-order valence-corrected chi connectivity index (χ2v) is 5.89. The van der Waals surface area contributed by atoms with E-state index < -0.39 is 0 Å². The number of nitrogens with one attached hydrogen (secondary N) is 2. The molecule has 0 aromatic heterocycles. The Labute approximate surface area is 118 Å². The number of benzene rings is 1. The molecule has 3 rings (SSSR count). The second kappa shape index (κ2) is 5.40. The number of urea groups is 1. The molecule has 2 aliphatic rings. The number of nitrogens with zero attached hydrogens (tertiary/aromatic N) is 1. The molecule has 0 aliphatic carbocycles. The largest absolute Gasteiger partial charge is 0.324 e. The smallest absolute Gasteiger partial charge is 0.321 e. The molecule has 2 N–H and O–H groups in total. The van der Waals surface area contributed by atoms with Crippen LogP contribution in [0, 0.1) is 11.2 Å². The maximum absolute atomic E-state index is 13.1. The molecule has 108 valence electrons. The molecule has 0 saturated carbocycles. The minimum absolute atomic E-state index is 0.124. The number of carbonyl (C=O) groups is 1. The summed E-state index contributed by atoms with van der Waals surface area (Å²) in [5.74, 6) is -0.335. The van der Waals surface area contributed by atoms with Crippen LogP contribution in [-0.4, -0.2) is 37.1 Å². The zero-order chi connectivity index (χ0) is 14.0. The van der Waals surface area contributed by atoms with Crippen molar-refractivity contribution in [2.45, 2.75) is 19.3 Å². The lowest BCUT2D eigenvalue weighted by molar-refractivity contribution is 0.125. The SMILES string of the molecule is O=C(Nc1cccc(F)c1)N1CCCC2(CCNC2)C1. The van der Waals surface area contributed by atoms with Crippen molar-refractivity contribution in [3.8, 4) is 0 Å². The van der Waals surface area contributed by atoms with E-state index in [0.717, 1.165) is 39.0 Å². The van der Waals surface area contributed by atoms with Crippen LogP contribution in [0.15, 0.2) is 24.3 Å². The summed E-state index contributed by atoms with van der Waals surface area (Å²) in [5, 5.41) is 6.18. The van der Waals surface area contributed by atoms with Gasteiger partial charge in [-0.3, -0.25) is 0 Å². The van der Waals surface area contributed by atoms with Gasteiger partial charge in [0.2, 0.25) is 0 Å². The van der Waals surface area contributed by atoms with Gasteiger partial charge in [0.05, 0.1) is 0 Å². The number of carbonyl (C=O) groups excluding carboxylic acids is 1. The number of hydrogen-bond donors (Lipinski definition) is 2. The standard InChI is InChI=1S/C15H20FN3O/c16-12-3-1-4-13(9-12)18-14(20)19-8-2-5-15(11-19)6-7-17-10-15/h1,3-4,9,17H,2,5-8,10-11H2,(H,18,20). The van der Waals surface area contributed by atoms with Gasteiger partial charge < -0.3 is 15.5 Å². The maximum Gasteiger partial charge on any atom is 0.321 e. The molecule has 2 amide bonds. The predicted molar refractivity (Wildman–Crippen MR) is 76.1 cm³/mol. The highest BCUT2D eigenvalue weighted by Gasteiger charge is 2.39. The minimum atomic E-state index is -0.335. The average molecular weight is 277 g/mol. The van der Waals surface area contributed by atoms with Gasteiger partial charge in [-0.2, -0.15) is 0 Å². The van der Waals surface area contributed by atoms with Crippen molar-refractivity contribution in [1.82, 2.24) is 10.2 Å². The second-order valence-electron chi connectivity index (χ2n) is 5.89. The average Bonchev–Trinajstić information content (AvgIpc) is 2.87. The Morgan fingerprint density at radius 2 is 2.30 bits per heavy atom. The molecule has 2 saturated heterocycles. The van der Waals surface area contributed by atoms with Crippen molar-refractivity contribution >= 4 is 11.7 Å². The van der Waals surface area contributed by atoms with Gasteiger partial charge >= 0.3 is 6.03 Å². The fourth-order valence-corrected chi connectivity index (χ4v) is 3.29. The summed E-state index contributed by atoms with van der Waals surface area (Å²) < 4.78 is 13.1. The van der Waals surface area contributed by atoms with E-state index in [4.69, 9.17) is 0 Å². The van der Waals surface area contributed by atoms with Crippen LogP contribution in [0.4, 0.5) is 14.9 Å². The first kappa shape index (κ1) is 13.4. The van der Waals surface area contributed by atoms with E-state index in [1.54, 1.807) is 12.1 Å². The van der Waals surface area contributed by atoms with Crippen molar-refractivity contribution in [1.29, 1.82) is 0 Å². The van der Waals surface area contributed by atoms with Crippen molar-refractivity contribution in [2.75, 3.05) is 31.5 Å². The Balaban J connectivity index is 1.65. The molecule has 2 fully saturated rings. The number of halogens is 1. The summed E-state index contributed by atoms with van der Waals surface area (Å²) in [6.07, 6.45) is 3.36. The molecule has 20 heavy (non-hydrogen) atoms. The lowest BCUT2D eigenvalue weighted by atomic mass is 9.79. The number of rotatable bonds is 1. The predicted octanol–water partition coefficient (Wildman–Crippen LogP) is 2.43. The highest BCUT2D eigenvalue weighted by molar-refractivity contribution is 5.89. The molecule has 1 aromatic rings. The Bertz CT molecular complexity index is 500. The minimum Gasteiger partial charge on any atom is -0.324 e. The quantitative estimate of drug-likeness (QED) is 0.828. The van der Waals surface area contributed by atoms with E-state index in [-0.39, 0.29) is 17.3 Å². The monoisotopic (exact) mass is 277 g/mol. The lowest BCUT2D eigenvalue weighted by Gasteiger charge is -2.39. The Kier molecular flexibility index (Phi) is 3.61. The van der Waals surface area contributed by atoms with Crippen LogP contribution in [0.2, 0.25) is 0 Å². The number of piperidine rings is 1. The van der Waals surface area contributed by atoms with Crippen molar-refractivity contribution in [3.63, 3.8) is 0 Å². The third-order valence-electron chi connectivity index (χ3n) is 4.36. The fourth-order valence-electron chi connectivity index (χ4n) is 3.29. The molecule has 1 spiro atoms. The Morgan fingerprint density at radius 1 is 1.40 bits per heavy atom. The normalized spacial score (nSPS) is 25.9. The molecule has 2 aliphatic heterocycles. The lowest BCUT2D eigenvalue weighted by Crippen LogP contribution is -2.48. The van der Waals surface area contributed by atoms with Crippen LogP contribution >= 0.6 is 0 Å². The van der Waals surface area contributed by atoms with Gasteiger partial charge in [0, 0.05) is 30.7 Å². The van der Waals surface area contributed by atoms with Crippen molar-refractivity contribution in [2.24, 2.45) is 5.41 Å². The topological polar surface area (TPSA) is 44.4 Å². The number of amides is 2. The Morgan fingerprint density at radius 3 is 3.05 bits per heavy atom. The van der Waals surface area contributed by atoms with Crippen LogP contribution in [0.25, 0.3) is 0 Å². The van der Waals surface area contributed by atoms with Gasteiger partial charge in [-0.25, -0.2) is 9.18 Å². The van der Waals surface area contributed by atoms with Gasteiger partial charge in [-0.15, -0.1) is 0 Å². The summed E-state index contributed by atoms with van der Waals surface area (Å²) in [6, 6.07) is 5.90. The van der Waals surface area contributed by atoms with Crippen molar-refractivity contribution < 1.29 is 9.18 Å². The molecular formula is C15H20FN3O. The third kappa shape index (κ3) is 2.77. The number of likely N-dealkylation sites (tertiary alicyclic amines) is 1. The number of hydrogen-bond acceptors (Lipinski definition) is 2. The summed E-state index contributed by atoms with van der Waals surface area (Å²) in [7, 11) is 0. The molecular weight excluding hydrogens is 257 g/mol. The van der Waals surface area contributed by atoms with E-state index >= 15 is 0 Å². The first-order valence-corrected chi connectivity index (χ1v) is 7.19. The molecule has 0 bridgehead atoms. The van der Waals surface area contributed by atoms with Crippen LogP contribution in [0.5, 0.6) is 0 Å². The molecule has 5 heteroatoms. The van der Waals surface area contributed by atoms with Crippen LogP contribution in [0.1, 0.15) is 19.3 Å². The molecule has 1 atom stereocenters. The molecule has 4 nitrogen and oxygen atoms in total. The zero-order valence-electron chi connectivity index (χ0n) is 11.5. The van der Waals surface area contributed by atoms with Gasteiger partial charge in [0.25, 0.3) is 0 Å². The van der Waals surface area contributed by atoms with Gasteiger partial charge in [-0.1, -0.05) is 6.07 Å². The molecule has 0 radical (unpaired) electrons. The Hall–Kier alpha value is -1.62. The number of anilines is 1. The van der Waals surface area contributed by atoms with Gasteiger partial charge in [-0.05, 0) is 44.0 Å². The fraction of sp³-hybridized carbons (Fsp3) is 0.533. The van der Waals surface area contributed by atoms with Gasteiger partial charge in [0.15, 0.2) is 0 Å². The van der Waals surface area contributed by atoms with Crippen LogP contribution < -0.4 is 10.6 Å². The maximum atomic E-state index is 13.1. The van der Waals surface area contributed by atoms with E-state index in [0.29, 0.717) is 5.69 Å². The zero-order valence-corrected chi connectivity index (χ0v) is 11.5. The van der Waals surface area contributed by atoms with E-state index in [1.165, 1.54) is 18.6 Å². The van der Waals surface area contributed by atoms with E-state index in [1.807, 2.05) is 4.90 Å². The third-order valence-corrected chi connectivity index (χ3v) is 4.36. The first-order valence-electron chi connectivity index (χ1n) is 7.19. The van der Waals surface area contributed by atoms with E-state index in [9.17, 15) is 9.18 Å². The summed E-state index contributed by atoms with van der Waals surface area (Å²) in [6.45, 7) is 3.61. The highest BCUT2D eigenvalue weighted by atomic mass is 19.1. The van der Waals surface area contributed by atoms with Crippen LogP contribution in [-0.2, 0) is 0 Å². The van der Waals surface area contributed by atoms with Gasteiger partial charge in [0.1, 0.15) is 5.82 Å². The first-order chi connectivity index (χ1) is 9.67. The molecule has 1 unspecified atom stereocenters. The highest BCUT2D eigenvalue weighted by Crippen LogP contribution is 2.35.